The molecule has 0 saturated carbocycles. The molecule has 2 aromatic carbocycles. The van der Waals surface area contributed by atoms with E-state index in [9.17, 15) is 25.9 Å². The van der Waals surface area contributed by atoms with Gasteiger partial charge >= 0.3 is 0 Å². The number of rotatable bonds is 13. The van der Waals surface area contributed by atoms with Gasteiger partial charge in [0.25, 0.3) is 20.2 Å². The predicted octanol–water partition coefficient (Wildman–Crippen LogP) is 7.67. The van der Waals surface area contributed by atoms with Gasteiger partial charge in [-0.3, -0.25) is 9.11 Å². The number of anilines is 1. The van der Waals surface area contributed by atoms with Crippen molar-refractivity contribution in [2.24, 2.45) is 0 Å². The zero-order valence-electron chi connectivity index (χ0n) is 28.6. The van der Waals surface area contributed by atoms with Crippen LogP contribution in [0.25, 0.3) is 0 Å². The summed E-state index contributed by atoms with van der Waals surface area (Å²) in [5, 5.41) is 0.740. The molecule has 0 bridgehead atoms. The van der Waals surface area contributed by atoms with Gasteiger partial charge in [0.05, 0.1) is 16.9 Å². The highest BCUT2D eigenvalue weighted by Crippen LogP contribution is 2.48. The van der Waals surface area contributed by atoms with Gasteiger partial charge in [0.2, 0.25) is 5.69 Å². The second-order valence-corrected chi connectivity index (χ2v) is 17.4. The van der Waals surface area contributed by atoms with Gasteiger partial charge in [-0.05, 0) is 74.8 Å². The average Bonchev–Trinajstić information content (AvgIpc) is 3.54. The molecule has 0 unspecified atom stereocenters. The van der Waals surface area contributed by atoms with E-state index < -0.39 is 20.2 Å². The first-order chi connectivity index (χ1) is 22.5. The third kappa shape index (κ3) is 8.64. The molecule has 2 aromatic rings. The lowest BCUT2D eigenvalue weighted by Crippen LogP contribution is -2.28. The van der Waals surface area contributed by atoms with Crippen molar-refractivity contribution in [3.05, 3.63) is 106 Å². The molecule has 3 N–H and O–H groups in total. The Kier molecular flexibility index (Phi) is 11.9. The molecule has 49 heavy (non-hydrogen) atoms. The van der Waals surface area contributed by atoms with Crippen LogP contribution in [-0.2, 0) is 31.1 Å². The maximum atomic E-state index is 11.3. The molecule has 2 heterocycles. The van der Waals surface area contributed by atoms with Crippen molar-refractivity contribution in [3.63, 3.8) is 0 Å². The van der Waals surface area contributed by atoms with Gasteiger partial charge in [0, 0.05) is 52.5 Å². The lowest BCUT2D eigenvalue weighted by atomic mass is 9.81. The second-order valence-electron chi connectivity index (χ2n) is 13.9. The zero-order valence-corrected chi connectivity index (χ0v) is 31.0. The van der Waals surface area contributed by atoms with Crippen LogP contribution in [0.2, 0.25) is 0 Å². The smallest absolute Gasteiger partial charge is 0.264 e. The largest absolute Gasteiger partial charge is 0.870 e. The number of halogens is 1. The molecule has 1 aliphatic carbocycles. The van der Waals surface area contributed by atoms with Crippen LogP contribution >= 0.6 is 11.6 Å². The fourth-order valence-corrected chi connectivity index (χ4v) is 8.69. The number of benzene rings is 2. The van der Waals surface area contributed by atoms with E-state index in [1.165, 1.54) is 11.1 Å². The number of para-hydroxylation sites is 2. The van der Waals surface area contributed by atoms with Crippen LogP contribution in [0.15, 0.2) is 94.7 Å². The van der Waals surface area contributed by atoms with Gasteiger partial charge in [0.1, 0.15) is 6.54 Å². The molecule has 3 aliphatic rings. The minimum Gasteiger partial charge on any atom is -0.870 e. The van der Waals surface area contributed by atoms with Crippen molar-refractivity contribution in [2.75, 3.05) is 29.5 Å². The monoisotopic (exact) mass is 730 g/mol. The van der Waals surface area contributed by atoms with Gasteiger partial charge in [-0.1, -0.05) is 74.0 Å². The van der Waals surface area contributed by atoms with E-state index in [1.807, 2.05) is 24.3 Å². The van der Waals surface area contributed by atoms with Crippen LogP contribution in [-0.4, -0.2) is 66.3 Å². The molecule has 0 fully saturated rings. The third-order valence-electron chi connectivity index (χ3n) is 9.78. The maximum Gasteiger partial charge on any atom is 0.264 e. The summed E-state index contributed by atoms with van der Waals surface area (Å²) in [5.41, 5.74) is 8.44. The van der Waals surface area contributed by atoms with Crippen molar-refractivity contribution in [1.29, 1.82) is 0 Å². The van der Waals surface area contributed by atoms with E-state index in [2.05, 4.69) is 85.7 Å². The number of allylic oxidation sites excluding steroid dienone is 8. The van der Waals surface area contributed by atoms with Crippen LogP contribution < -0.4 is 4.90 Å². The lowest BCUT2D eigenvalue weighted by Gasteiger charge is -2.27. The van der Waals surface area contributed by atoms with E-state index >= 15 is 0 Å². The van der Waals surface area contributed by atoms with Gasteiger partial charge in [-0.2, -0.15) is 21.4 Å². The number of hydrogen-bond donors (Lipinski definition) is 2. The molecule has 12 heteroatoms. The Labute approximate surface area is 296 Å². The summed E-state index contributed by atoms with van der Waals surface area (Å²) in [7, 11) is -7.99. The Hall–Kier alpha value is -3.06. The second kappa shape index (κ2) is 15.0. The third-order valence-corrected chi connectivity index (χ3v) is 11.9. The molecule has 0 radical (unpaired) electrons. The van der Waals surface area contributed by atoms with Crippen LogP contribution in [0.3, 0.4) is 0 Å². The van der Waals surface area contributed by atoms with E-state index in [4.69, 9.17) is 11.6 Å². The zero-order chi connectivity index (χ0) is 34.9. The van der Waals surface area contributed by atoms with Gasteiger partial charge in [-0.25, -0.2) is 0 Å². The summed E-state index contributed by atoms with van der Waals surface area (Å²) in [6.45, 7) is 10.0. The minimum atomic E-state index is -3.99. The summed E-state index contributed by atoms with van der Waals surface area (Å²) in [6.07, 6.45) is 12.1. The van der Waals surface area contributed by atoms with E-state index in [0.29, 0.717) is 38.8 Å². The maximum absolute atomic E-state index is 11.3. The normalized spacial score (nSPS) is 20.1. The Morgan fingerprint density at radius 3 is 2.08 bits per heavy atom. The molecule has 2 aliphatic heterocycles. The van der Waals surface area contributed by atoms with E-state index in [-0.39, 0.29) is 27.8 Å². The standard InChI is InChI=1S/C37H45ClN2O6S2.H2O/c1-36(2)29-13-5-7-15-31(29)39(23-9-11-25-47(41,42)43)33(36)21-19-27-17-18-28(35(27)38)20-22-34-37(3,4)30-14-6-8-16-32(30)40(34)24-10-12-26-48(44,45)46;/h5-8,13-16,19-22H,9-12,17-18,23-26H2,1-4H3,(H-,41,42,43,44,45,46);1H2. The molecule has 0 saturated heterocycles. The number of unbranched alkanes of at least 4 members (excludes halogenated alkanes) is 2. The fraction of sp³-hybridized carbons (Fsp3) is 0.432. The highest BCUT2D eigenvalue weighted by Gasteiger charge is 2.44. The summed E-state index contributed by atoms with van der Waals surface area (Å²) < 4.78 is 65.7. The van der Waals surface area contributed by atoms with Crippen LogP contribution in [0.4, 0.5) is 11.4 Å². The molecule has 266 valence electrons. The summed E-state index contributed by atoms with van der Waals surface area (Å²) >= 11 is 7.03. The van der Waals surface area contributed by atoms with E-state index in [1.54, 1.807) is 0 Å². The number of nitrogens with zero attached hydrogens (tertiary/aromatic N) is 2. The van der Waals surface area contributed by atoms with Crippen LogP contribution in [0, 0.1) is 0 Å². The molecule has 0 spiro atoms. The number of fused-ring (bicyclic) bond motifs is 2. The Bertz CT molecular complexity index is 1960. The number of hydrogen-bond acceptors (Lipinski definition) is 6. The van der Waals surface area contributed by atoms with Gasteiger partial charge in [0.15, 0.2) is 5.71 Å². The van der Waals surface area contributed by atoms with Crippen LogP contribution in [0.1, 0.15) is 77.3 Å². The molecular weight excluding hydrogens is 684 g/mol. The first-order valence-corrected chi connectivity index (χ1v) is 20.1. The van der Waals surface area contributed by atoms with Crippen molar-refractivity contribution >= 4 is 48.9 Å². The van der Waals surface area contributed by atoms with Crippen molar-refractivity contribution in [3.8, 4) is 0 Å². The van der Waals surface area contributed by atoms with Crippen molar-refractivity contribution in [2.45, 2.75) is 77.0 Å². The quantitative estimate of drug-likeness (QED) is 0.121. The highest BCUT2D eigenvalue weighted by molar-refractivity contribution is 7.86. The fourth-order valence-electron chi connectivity index (χ4n) is 7.24. The Balaban J connectivity index is 0.00000541. The van der Waals surface area contributed by atoms with Crippen LogP contribution in [0.5, 0.6) is 0 Å². The average molecular weight is 731 g/mol. The van der Waals surface area contributed by atoms with Crippen molar-refractivity contribution in [1.82, 2.24) is 0 Å². The van der Waals surface area contributed by atoms with Gasteiger partial charge < -0.3 is 10.4 Å². The topological polar surface area (TPSA) is 145 Å². The molecule has 0 aromatic heterocycles. The summed E-state index contributed by atoms with van der Waals surface area (Å²) in [4.78, 5) is 2.25. The molecule has 9 nitrogen and oxygen atoms in total. The first kappa shape index (κ1) is 38.7. The first-order valence-electron chi connectivity index (χ1n) is 16.5. The molecule has 0 amide bonds. The van der Waals surface area contributed by atoms with Gasteiger partial charge in [-0.15, -0.1) is 0 Å². The lowest BCUT2D eigenvalue weighted by molar-refractivity contribution is -0.438. The van der Waals surface area contributed by atoms with E-state index in [0.717, 1.165) is 51.8 Å². The summed E-state index contributed by atoms with van der Waals surface area (Å²) in [5.74, 6) is -0.500. The molecule has 5 rings (SSSR count). The SMILES string of the molecule is CC1(C)C(=CC=C2CCC(C=CC3=[N+](CCCCS(=O)(=O)O)c4ccccc4C3(C)C)=C2Cl)N(CCCCS(=O)(=O)O)c2ccccc21.[OH-]. The molecule has 0 atom stereocenters. The van der Waals surface area contributed by atoms with Crippen molar-refractivity contribution < 1.29 is 36.0 Å². The predicted molar refractivity (Wildman–Crippen MR) is 197 cm³/mol. The Morgan fingerprint density at radius 1 is 0.796 bits per heavy atom. The minimum absolute atomic E-state index is 0. The summed E-state index contributed by atoms with van der Waals surface area (Å²) in [6, 6.07) is 16.6. The highest BCUT2D eigenvalue weighted by atomic mass is 35.5. The Morgan fingerprint density at radius 2 is 1.41 bits per heavy atom. The molecular formula is C37H47ClN2O7S2.